The Hall–Kier alpha value is 0.150. The molecule has 0 saturated heterocycles. The lowest BCUT2D eigenvalue weighted by Gasteiger charge is -2.01. The van der Waals surface area contributed by atoms with Gasteiger partial charge in [0.15, 0.2) is 0 Å². The van der Waals surface area contributed by atoms with Gasteiger partial charge in [-0.2, -0.15) is 11.8 Å². The first-order chi connectivity index (χ1) is 5.74. The fourth-order valence-corrected chi connectivity index (χ4v) is 1.68. The van der Waals surface area contributed by atoms with Crippen LogP contribution in [0.4, 0.5) is 0 Å². The summed E-state index contributed by atoms with van der Waals surface area (Å²) < 4.78 is 0. The van der Waals surface area contributed by atoms with Gasteiger partial charge >= 0.3 is 0 Å². The van der Waals surface area contributed by atoms with Crippen molar-refractivity contribution in [3.05, 3.63) is 33.8 Å². The van der Waals surface area contributed by atoms with E-state index in [9.17, 15) is 0 Å². The Morgan fingerprint density at radius 3 is 2.58 bits per heavy atom. The molecule has 0 aliphatic carbocycles. The fraction of sp³-hybridized carbons (Fsp3) is 0.333. The average molecular weight is 221 g/mol. The lowest BCUT2D eigenvalue weighted by molar-refractivity contribution is 1.16. The predicted molar refractivity (Wildman–Crippen MR) is 58.5 cm³/mol. The van der Waals surface area contributed by atoms with Crippen LogP contribution in [-0.2, 0) is 6.42 Å². The molecule has 0 N–H and O–H groups in total. The predicted octanol–water partition coefficient (Wildman–Crippen LogP) is 3.90. The van der Waals surface area contributed by atoms with Gasteiger partial charge in [0.05, 0.1) is 10.0 Å². The van der Waals surface area contributed by atoms with Gasteiger partial charge < -0.3 is 0 Å². The summed E-state index contributed by atoms with van der Waals surface area (Å²) in [6.07, 6.45) is 3.15. The highest BCUT2D eigenvalue weighted by molar-refractivity contribution is 7.98. The molecular weight excluding hydrogens is 211 g/mol. The maximum Gasteiger partial charge on any atom is 0.0595 e. The van der Waals surface area contributed by atoms with Crippen LogP contribution in [0.2, 0.25) is 10.0 Å². The van der Waals surface area contributed by atoms with Gasteiger partial charge in [-0.1, -0.05) is 29.3 Å². The van der Waals surface area contributed by atoms with Gasteiger partial charge in [0.1, 0.15) is 0 Å². The minimum absolute atomic E-state index is 0.629. The van der Waals surface area contributed by atoms with Crippen LogP contribution in [0.5, 0.6) is 0 Å². The zero-order valence-corrected chi connectivity index (χ0v) is 9.14. The molecule has 0 spiro atoms. The molecule has 3 heteroatoms. The number of thioether (sulfide) groups is 1. The summed E-state index contributed by atoms with van der Waals surface area (Å²) >= 11 is 13.5. The van der Waals surface area contributed by atoms with Gasteiger partial charge in [0.2, 0.25) is 0 Å². The van der Waals surface area contributed by atoms with E-state index >= 15 is 0 Å². The number of hydrogen-bond donors (Lipinski definition) is 0. The standard InChI is InChI=1S/C9H10Cl2S/c1-12-5-4-7-2-3-8(10)9(11)6-7/h2-3,6H,4-5H2,1H3. The Balaban J connectivity index is 2.69. The second kappa shape index (κ2) is 5.00. The topological polar surface area (TPSA) is 0 Å². The zero-order valence-electron chi connectivity index (χ0n) is 6.81. The third kappa shape index (κ3) is 2.89. The Morgan fingerprint density at radius 2 is 2.00 bits per heavy atom. The monoisotopic (exact) mass is 220 g/mol. The molecule has 0 saturated carbocycles. The van der Waals surface area contributed by atoms with Crippen molar-refractivity contribution < 1.29 is 0 Å². The smallest absolute Gasteiger partial charge is 0.0595 e. The van der Waals surface area contributed by atoms with E-state index in [1.807, 2.05) is 30.0 Å². The highest BCUT2D eigenvalue weighted by Crippen LogP contribution is 2.22. The van der Waals surface area contributed by atoms with Crippen molar-refractivity contribution in [1.29, 1.82) is 0 Å². The first kappa shape index (κ1) is 10.2. The van der Waals surface area contributed by atoms with E-state index in [0.29, 0.717) is 10.0 Å². The second-order valence-electron chi connectivity index (χ2n) is 2.49. The van der Waals surface area contributed by atoms with Crippen LogP contribution < -0.4 is 0 Å². The molecule has 0 aromatic heterocycles. The summed E-state index contributed by atoms with van der Waals surface area (Å²) in [7, 11) is 0. The molecule has 66 valence electrons. The summed E-state index contributed by atoms with van der Waals surface area (Å²) in [5.74, 6) is 1.12. The molecule has 1 aromatic rings. The summed E-state index contributed by atoms with van der Waals surface area (Å²) in [5.41, 5.74) is 1.25. The molecule has 1 rings (SSSR count). The Bertz CT molecular complexity index is 261. The highest BCUT2D eigenvalue weighted by Gasteiger charge is 1.98. The quantitative estimate of drug-likeness (QED) is 0.745. The van der Waals surface area contributed by atoms with Gasteiger partial charge in [-0.3, -0.25) is 0 Å². The molecule has 0 aliphatic rings. The molecule has 0 amide bonds. The molecule has 0 fully saturated rings. The van der Waals surface area contributed by atoms with Crippen molar-refractivity contribution in [2.24, 2.45) is 0 Å². The van der Waals surface area contributed by atoms with E-state index < -0.39 is 0 Å². The maximum absolute atomic E-state index is 5.85. The maximum atomic E-state index is 5.85. The third-order valence-corrected chi connectivity index (χ3v) is 2.93. The summed E-state index contributed by atoms with van der Waals surface area (Å²) in [4.78, 5) is 0. The van der Waals surface area contributed by atoms with Gasteiger partial charge in [-0.25, -0.2) is 0 Å². The average Bonchev–Trinajstić information content (AvgIpc) is 2.07. The molecule has 0 nitrogen and oxygen atoms in total. The molecular formula is C9H10Cl2S. The van der Waals surface area contributed by atoms with Crippen molar-refractivity contribution in [1.82, 2.24) is 0 Å². The van der Waals surface area contributed by atoms with Gasteiger partial charge in [0, 0.05) is 0 Å². The third-order valence-electron chi connectivity index (χ3n) is 1.58. The van der Waals surface area contributed by atoms with Crippen molar-refractivity contribution in [2.75, 3.05) is 12.0 Å². The zero-order chi connectivity index (χ0) is 8.97. The molecule has 0 aliphatic heterocycles. The van der Waals surface area contributed by atoms with Crippen LogP contribution in [0.25, 0.3) is 0 Å². The largest absolute Gasteiger partial charge is 0.165 e. The lowest BCUT2D eigenvalue weighted by atomic mass is 10.2. The molecule has 0 heterocycles. The molecule has 0 bridgehead atoms. The van der Waals surface area contributed by atoms with Gasteiger partial charge in [-0.15, -0.1) is 0 Å². The van der Waals surface area contributed by atoms with Gasteiger partial charge in [0.25, 0.3) is 0 Å². The molecule has 12 heavy (non-hydrogen) atoms. The lowest BCUT2D eigenvalue weighted by Crippen LogP contribution is -1.87. The first-order valence-corrected chi connectivity index (χ1v) is 5.82. The Kier molecular flexibility index (Phi) is 4.27. The van der Waals surface area contributed by atoms with E-state index in [0.717, 1.165) is 12.2 Å². The molecule has 0 unspecified atom stereocenters. The van der Waals surface area contributed by atoms with Gasteiger partial charge in [-0.05, 0) is 36.1 Å². The van der Waals surface area contributed by atoms with E-state index in [1.165, 1.54) is 5.56 Å². The SMILES string of the molecule is CSCCc1ccc(Cl)c(Cl)c1. The van der Waals surface area contributed by atoms with Crippen LogP contribution in [0, 0.1) is 0 Å². The van der Waals surface area contributed by atoms with Crippen LogP contribution in [0.3, 0.4) is 0 Å². The van der Waals surface area contributed by atoms with E-state index in [4.69, 9.17) is 23.2 Å². The molecule has 1 aromatic carbocycles. The Labute approximate surface area is 87.3 Å². The van der Waals surface area contributed by atoms with Crippen LogP contribution in [-0.4, -0.2) is 12.0 Å². The van der Waals surface area contributed by atoms with E-state index in [1.54, 1.807) is 0 Å². The van der Waals surface area contributed by atoms with Crippen LogP contribution in [0.1, 0.15) is 5.56 Å². The minimum atomic E-state index is 0.629. The molecule has 0 atom stereocenters. The Morgan fingerprint density at radius 1 is 1.25 bits per heavy atom. The van der Waals surface area contributed by atoms with E-state index in [-0.39, 0.29) is 0 Å². The second-order valence-corrected chi connectivity index (χ2v) is 4.29. The van der Waals surface area contributed by atoms with Crippen molar-refractivity contribution >= 4 is 35.0 Å². The minimum Gasteiger partial charge on any atom is -0.165 e. The van der Waals surface area contributed by atoms with Crippen molar-refractivity contribution in [3.63, 3.8) is 0 Å². The number of benzene rings is 1. The van der Waals surface area contributed by atoms with E-state index in [2.05, 4.69) is 6.26 Å². The summed E-state index contributed by atoms with van der Waals surface area (Å²) in [6.45, 7) is 0. The van der Waals surface area contributed by atoms with Crippen LogP contribution >= 0.6 is 35.0 Å². The fourth-order valence-electron chi connectivity index (χ4n) is 0.915. The van der Waals surface area contributed by atoms with Crippen LogP contribution in [0.15, 0.2) is 18.2 Å². The van der Waals surface area contributed by atoms with Crippen molar-refractivity contribution in [3.8, 4) is 0 Å². The number of aryl methyl sites for hydroxylation is 1. The number of hydrogen-bond acceptors (Lipinski definition) is 1. The first-order valence-electron chi connectivity index (χ1n) is 3.67. The summed E-state index contributed by atoms with van der Waals surface area (Å²) in [5, 5.41) is 1.28. The highest BCUT2D eigenvalue weighted by atomic mass is 35.5. The van der Waals surface area contributed by atoms with Crippen molar-refractivity contribution in [2.45, 2.75) is 6.42 Å². The number of rotatable bonds is 3. The molecule has 0 radical (unpaired) electrons. The normalized spacial score (nSPS) is 10.2. The summed E-state index contributed by atoms with van der Waals surface area (Å²) in [6, 6.07) is 5.80. The number of halogens is 2.